The predicted octanol–water partition coefficient (Wildman–Crippen LogP) is -0.376. The molecular weight excluding hydrogens is 208 g/mol. The van der Waals surface area contributed by atoms with E-state index in [1.54, 1.807) is 4.90 Å². The number of hydrogen-bond donors (Lipinski definition) is 2. The van der Waals surface area contributed by atoms with Crippen molar-refractivity contribution in [1.82, 2.24) is 4.90 Å². The zero-order chi connectivity index (χ0) is 11.7. The van der Waals surface area contributed by atoms with Crippen LogP contribution >= 0.6 is 0 Å². The average molecular weight is 226 g/mol. The summed E-state index contributed by atoms with van der Waals surface area (Å²) < 4.78 is 0. The smallest absolute Gasteiger partial charge is 0.223 e. The quantitative estimate of drug-likeness (QED) is 0.673. The summed E-state index contributed by atoms with van der Waals surface area (Å²) in [7, 11) is 0. The molecule has 0 bridgehead atoms. The van der Waals surface area contributed by atoms with Crippen LogP contribution in [0.4, 0.5) is 0 Å². The molecule has 3 atom stereocenters. The summed E-state index contributed by atoms with van der Waals surface area (Å²) in [6, 6.07) is -0.106. The average Bonchev–Trinajstić information content (AvgIpc) is 2.61. The Morgan fingerprint density at radius 3 is 2.62 bits per heavy atom. The molecule has 3 N–H and O–H groups in total. The Morgan fingerprint density at radius 1 is 1.38 bits per heavy atom. The molecule has 5 nitrogen and oxygen atoms in total. The van der Waals surface area contributed by atoms with E-state index in [-0.39, 0.29) is 24.3 Å². The van der Waals surface area contributed by atoms with Gasteiger partial charge in [-0.2, -0.15) is 0 Å². The monoisotopic (exact) mass is 226 g/mol. The molecule has 0 spiro atoms. The van der Waals surface area contributed by atoms with Crippen LogP contribution in [0.3, 0.4) is 0 Å². The highest BCUT2D eigenvalue weighted by molar-refractivity contribution is 5.88. The van der Waals surface area contributed by atoms with E-state index in [1.807, 2.05) is 0 Å². The molecule has 2 aliphatic rings. The third-order valence-corrected chi connectivity index (χ3v) is 3.66. The Kier molecular flexibility index (Phi) is 3.14. The first-order valence-corrected chi connectivity index (χ1v) is 5.86. The van der Waals surface area contributed by atoms with E-state index in [1.165, 1.54) is 0 Å². The minimum Gasteiger partial charge on any atom is -0.391 e. The maximum absolute atomic E-state index is 11.7. The van der Waals surface area contributed by atoms with Crippen LogP contribution in [-0.4, -0.2) is 40.5 Å². The van der Waals surface area contributed by atoms with Crippen molar-refractivity contribution in [2.45, 2.75) is 44.2 Å². The van der Waals surface area contributed by atoms with Crippen LogP contribution in [0.2, 0.25) is 0 Å². The van der Waals surface area contributed by atoms with Gasteiger partial charge in [0.15, 0.2) is 0 Å². The number of nitrogens with two attached hydrogens (primary N) is 1. The van der Waals surface area contributed by atoms with Gasteiger partial charge in [-0.15, -0.1) is 0 Å². The first-order valence-electron chi connectivity index (χ1n) is 5.86. The molecule has 0 aromatic rings. The minimum absolute atomic E-state index is 0.0465. The van der Waals surface area contributed by atoms with Crippen LogP contribution in [0.5, 0.6) is 0 Å². The minimum atomic E-state index is -0.440. The number of aliphatic hydroxyl groups is 1. The summed E-state index contributed by atoms with van der Waals surface area (Å²) in [5, 5.41) is 9.86. The zero-order valence-corrected chi connectivity index (χ0v) is 9.26. The molecule has 1 unspecified atom stereocenters. The van der Waals surface area contributed by atoms with E-state index >= 15 is 0 Å². The molecule has 5 heteroatoms. The molecule has 0 aromatic heterocycles. The van der Waals surface area contributed by atoms with Crippen LogP contribution in [-0.2, 0) is 9.59 Å². The summed E-state index contributed by atoms with van der Waals surface area (Å²) in [5.74, 6) is -0.836. The second kappa shape index (κ2) is 4.41. The Balaban J connectivity index is 2.04. The highest BCUT2D eigenvalue weighted by Crippen LogP contribution is 2.28. The van der Waals surface area contributed by atoms with Crippen molar-refractivity contribution < 1.29 is 14.7 Å². The molecule has 2 rings (SSSR count). The maximum atomic E-state index is 11.7. The third kappa shape index (κ3) is 2.04. The van der Waals surface area contributed by atoms with Gasteiger partial charge in [0.25, 0.3) is 0 Å². The van der Waals surface area contributed by atoms with Gasteiger partial charge in [-0.3, -0.25) is 9.59 Å². The molecule has 0 aromatic carbocycles. The number of primary amides is 1. The molecule has 1 heterocycles. The van der Waals surface area contributed by atoms with Crippen molar-refractivity contribution in [3.8, 4) is 0 Å². The lowest BCUT2D eigenvalue weighted by atomic mass is 9.91. The van der Waals surface area contributed by atoms with Crippen molar-refractivity contribution in [2.24, 2.45) is 11.7 Å². The van der Waals surface area contributed by atoms with E-state index in [2.05, 4.69) is 0 Å². The summed E-state index contributed by atoms with van der Waals surface area (Å²) in [6.45, 7) is 0.385. The van der Waals surface area contributed by atoms with Crippen molar-refractivity contribution in [3.63, 3.8) is 0 Å². The van der Waals surface area contributed by atoms with Gasteiger partial charge < -0.3 is 15.7 Å². The van der Waals surface area contributed by atoms with Crippen molar-refractivity contribution in [1.29, 1.82) is 0 Å². The molecule has 2 amide bonds. The highest BCUT2D eigenvalue weighted by Gasteiger charge is 2.40. The number of rotatable bonds is 2. The lowest BCUT2D eigenvalue weighted by Crippen LogP contribution is -2.46. The van der Waals surface area contributed by atoms with Gasteiger partial charge in [-0.1, -0.05) is 12.8 Å². The number of carbonyl (C=O) groups is 2. The molecule has 1 saturated carbocycles. The van der Waals surface area contributed by atoms with Gasteiger partial charge in [-0.25, -0.2) is 0 Å². The molecule has 1 aliphatic carbocycles. The van der Waals surface area contributed by atoms with Gasteiger partial charge in [0, 0.05) is 13.0 Å². The fourth-order valence-corrected chi connectivity index (χ4v) is 2.70. The lowest BCUT2D eigenvalue weighted by Gasteiger charge is -2.35. The van der Waals surface area contributed by atoms with E-state index in [0.29, 0.717) is 6.54 Å². The number of nitrogens with zero attached hydrogens (tertiary/aromatic N) is 1. The van der Waals surface area contributed by atoms with E-state index < -0.39 is 12.0 Å². The van der Waals surface area contributed by atoms with Gasteiger partial charge in [0.2, 0.25) is 11.8 Å². The Bertz CT molecular complexity index is 306. The Labute approximate surface area is 94.6 Å². The molecule has 1 saturated heterocycles. The first kappa shape index (κ1) is 11.4. The Morgan fingerprint density at radius 2 is 2.06 bits per heavy atom. The lowest BCUT2D eigenvalue weighted by molar-refractivity contribution is -0.133. The van der Waals surface area contributed by atoms with Crippen LogP contribution in [0.25, 0.3) is 0 Å². The molecule has 2 fully saturated rings. The molecule has 0 radical (unpaired) electrons. The predicted molar refractivity (Wildman–Crippen MR) is 57.3 cm³/mol. The van der Waals surface area contributed by atoms with Crippen LogP contribution in [0, 0.1) is 5.92 Å². The fraction of sp³-hybridized carbons (Fsp3) is 0.818. The topological polar surface area (TPSA) is 83.6 Å². The number of hydrogen-bond acceptors (Lipinski definition) is 3. The van der Waals surface area contributed by atoms with Crippen LogP contribution in [0.15, 0.2) is 0 Å². The van der Waals surface area contributed by atoms with Crippen molar-refractivity contribution in [3.05, 3.63) is 0 Å². The Hall–Kier alpha value is -1.10. The summed E-state index contributed by atoms with van der Waals surface area (Å²) in [4.78, 5) is 24.4. The van der Waals surface area contributed by atoms with Gasteiger partial charge in [0.1, 0.15) is 0 Å². The second-order valence-corrected chi connectivity index (χ2v) is 4.77. The SMILES string of the molecule is NC(=O)C1CC(=O)N([C@H]2CCCC[C@@H]2O)C1. The van der Waals surface area contributed by atoms with Gasteiger partial charge >= 0.3 is 0 Å². The maximum Gasteiger partial charge on any atom is 0.223 e. The van der Waals surface area contributed by atoms with E-state index in [0.717, 1.165) is 25.7 Å². The molecular formula is C11H18N2O3. The number of likely N-dealkylation sites (tertiary alicyclic amines) is 1. The molecule has 90 valence electrons. The first-order chi connectivity index (χ1) is 7.59. The normalized spacial score (nSPS) is 35.4. The number of carbonyl (C=O) groups excluding carboxylic acids is 2. The van der Waals surface area contributed by atoms with Gasteiger partial charge in [0.05, 0.1) is 18.1 Å². The molecule has 1 aliphatic heterocycles. The van der Waals surface area contributed by atoms with Crippen LogP contribution < -0.4 is 5.73 Å². The van der Waals surface area contributed by atoms with E-state index in [4.69, 9.17) is 5.73 Å². The largest absolute Gasteiger partial charge is 0.391 e. The van der Waals surface area contributed by atoms with Gasteiger partial charge in [-0.05, 0) is 12.8 Å². The standard InChI is InChI=1S/C11H18N2O3/c12-11(16)7-5-10(15)13(6-7)8-3-1-2-4-9(8)14/h7-9,14H,1-6H2,(H2,12,16)/t7?,8-,9-/m0/s1. The summed E-state index contributed by atoms with van der Waals surface area (Å²) >= 11 is 0. The van der Waals surface area contributed by atoms with Crippen molar-refractivity contribution in [2.75, 3.05) is 6.54 Å². The van der Waals surface area contributed by atoms with Crippen LogP contribution in [0.1, 0.15) is 32.1 Å². The number of aliphatic hydroxyl groups excluding tert-OH is 1. The number of amides is 2. The summed E-state index contributed by atoms with van der Waals surface area (Å²) in [6.07, 6.45) is 3.39. The molecule has 16 heavy (non-hydrogen) atoms. The highest BCUT2D eigenvalue weighted by atomic mass is 16.3. The zero-order valence-electron chi connectivity index (χ0n) is 9.26. The van der Waals surface area contributed by atoms with Crippen molar-refractivity contribution >= 4 is 11.8 Å². The second-order valence-electron chi connectivity index (χ2n) is 4.77. The third-order valence-electron chi connectivity index (χ3n) is 3.66. The fourth-order valence-electron chi connectivity index (χ4n) is 2.70. The van der Waals surface area contributed by atoms with E-state index in [9.17, 15) is 14.7 Å². The summed E-state index contributed by atoms with van der Waals surface area (Å²) in [5.41, 5.74) is 5.21.